The van der Waals surface area contributed by atoms with E-state index in [-0.39, 0.29) is 6.10 Å². The molecule has 0 saturated heterocycles. The zero-order chi connectivity index (χ0) is 13.7. The van der Waals surface area contributed by atoms with Crippen molar-refractivity contribution >= 4 is 5.69 Å². The molecule has 1 aromatic heterocycles. The monoisotopic (exact) mass is 256 g/mol. The topological polar surface area (TPSA) is 36.4 Å². The van der Waals surface area contributed by atoms with E-state index in [0.29, 0.717) is 0 Å². The number of rotatable bonds is 5. The summed E-state index contributed by atoms with van der Waals surface area (Å²) in [4.78, 5) is 6.29. The van der Waals surface area contributed by atoms with Gasteiger partial charge in [0, 0.05) is 31.7 Å². The van der Waals surface area contributed by atoms with Crippen molar-refractivity contribution in [3.05, 3.63) is 59.9 Å². The van der Waals surface area contributed by atoms with Crippen LogP contribution in [0.4, 0.5) is 5.69 Å². The van der Waals surface area contributed by atoms with Crippen molar-refractivity contribution in [1.82, 2.24) is 4.98 Å². The highest BCUT2D eigenvalue weighted by Crippen LogP contribution is 2.21. The van der Waals surface area contributed by atoms with Crippen LogP contribution in [0.3, 0.4) is 0 Å². The lowest BCUT2D eigenvalue weighted by atomic mass is 10.1. The molecule has 0 spiro atoms. The molecular formula is C16H20N2O. The molecule has 3 nitrogen and oxygen atoms in total. The second-order valence-corrected chi connectivity index (χ2v) is 4.73. The molecule has 0 bridgehead atoms. The van der Waals surface area contributed by atoms with Crippen LogP contribution in [-0.4, -0.2) is 17.1 Å². The smallest absolute Gasteiger partial charge is 0.0787 e. The first-order valence-corrected chi connectivity index (χ1v) is 6.58. The third kappa shape index (κ3) is 3.55. The second kappa shape index (κ2) is 6.34. The van der Waals surface area contributed by atoms with Crippen molar-refractivity contribution in [2.24, 2.45) is 0 Å². The van der Waals surface area contributed by atoms with Gasteiger partial charge in [0.05, 0.1) is 6.10 Å². The first kappa shape index (κ1) is 13.6. The Balaban J connectivity index is 2.05. The van der Waals surface area contributed by atoms with Gasteiger partial charge in [-0.15, -0.1) is 0 Å². The number of aliphatic hydroxyl groups is 1. The maximum atomic E-state index is 9.77. The van der Waals surface area contributed by atoms with Crippen LogP contribution >= 0.6 is 0 Å². The van der Waals surface area contributed by atoms with Crippen LogP contribution in [-0.2, 0) is 6.54 Å². The molecule has 0 aliphatic carbocycles. The Bertz CT molecular complexity index is 496. The number of aromatic nitrogens is 1. The average Bonchev–Trinajstić information content (AvgIpc) is 2.47. The van der Waals surface area contributed by atoms with Gasteiger partial charge in [-0.25, -0.2) is 0 Å². The molecule has 2 rings (SSSR count). The van der Waals surface area contributed by atoms with Crippen LogP contribution in [0.2, 0.25) is 0 Å². The number of hydrogen-bond acceptors (Lipinski definition) is 3. The minimum absolute atomic E-state index is 0.363. The van der Waals surface area contributed by atoms with Crippen LogP contribution in [0, 0.1) is 0 Å². The van der Waals surface area contributed by atoms with Crippen molar-refractivity contribution in [3.8, 4) is 0 Å². The molecule has 100 valence electrons. The first-order valence-electron chi connectivity index (χ1n) is 6.58. The highest BCUT2D eigenvalue weighted by atomic mass is 16.3. The molecule has 1 unspecified atom stereocenters. The summed E-state index contributed by atoms with van der Waals surface area (Å²) in [6, 6.07) is 12.1. The summed E-state index contributed by atoms with van der Waals surface area (Å²) >= 11 is 0. The maximum Gasteiger partial charge on any atom is 0.0787 e. The Morgan fingerprint density at radius 3 is 2.53 bits per heavy atom. The summed E-state index contributed by atoms with van der Waals surface area (Å²) in [7, 11) is 2.05. The number of hydrogen-bond donors (Lipinski definition) is 1. The van der Waals surface area contributed by atoms with Gasteiger partial charge in [0.2, 0.25) is 0 Å². The normalized spacial score (nSPS) is 12.2. The number of pyridine rings is 1. The van der Waals surface area contributed by atoms with E-state index in [2.05, 4.69) is 23.0 Å². The molecule has 1 aromatic carbocycles. The van der Waals surface area contributed by atoms with Crippen molar-refractivity contribution in [2.45, 2.75) is 26.0 Å². The van der Waals surface area contributed by atoms with Crippen LogP contribution in [0.1, 0.15) is 30.6 Å². The lowest BCUT2D eigenvalue weighted by Crippen LogP contribution is -2.16. The SMILES string of the molecule is CCC(O)c1ccc(N(C)Cc2cccnc2)cc1. The zero-order valence-electron chi connectivity index (χ0n) is 11.5. The van der Waals surface area contributed by atoms with Gasteiger partial charge < -0.3 is 10.0 Å². The fourth-order valence-electron chi connectivity index (χ4n) is 2.04. The lowest BCUT2D eigenvalue weighted by molar-refractivity contribution is 0.173. The van der Waals surface area contributed by atoms with E-state index >= 15 is 0 Å². The second-order valence-electron chi connectivity index (χ2n) is 4.73. The highest BCUT2D eigenvalue weighted by Gasteiger charge is 2.06. The van der Waals surface area contributed by atoms with Gasteiger partial charge in [-0.1, -0.05) is 25.1 Å². The summed E-state index contributed by atoms with van der Waals surface area (Å²) in [6.07, 6.45) is 4.04. The summed E-state index contributed by atoms with van der Waals surface area (Å²) in [5.74, 6) is 0. The number of nitrogens with zero attached hydrogens (tertiary/aromatic N) is 2. The Morgan fingerprint density at radius 2 is 1.95 bits per heavy atom. The number of aliphatic hydroxyl groups excluding tert-OH is 1. The van der Waals surface area contributed by atoms with Gasteiger partial charge in [0.15, 0.2) is 0 Å². The van der Waals surface area contributed by atoms with E-state index in [0.717, 1.165) is 24.2 Å². The Kier molecular flexibility index (Phi) is 4.53. The standard InChI is InChI=1S/C16H20N2O/c1-3-16(19)14-6-8-15(9-7-14)18(2)12-13-5-4-10-17-11-13/h4-11,16,19H,3,12H2,1-2H3. The van der Waals surface area contributed by atoms with Gasteiger partial charge in [0.1, 0.15) is 0 Å². The Labute approximate surface area is 114 Å². The van der Waals surface area contributed by atoms with Gasteiger partial charge >= 0.3 is 0 Å². The van der Waals surface area contributed by atoms with Crippen molar-refractivity contribution in [3.63, 3.8) is 0 Å². The molecule has 0 aliphatic heterocycles. The Morgan fingerprint density at radius 1 is 1.21 bits per heavy atom. The minimum atomic E-state index is -0.363. The molecule has 1 atom stereocenters. The number of anilines is 1. The molecule has 19 heavy (non-hydrogen) atoms. The maximum absolute atomic E-state index is 9.77. The van der Waals surface area contributed by atoms with Gasteiger partial charge in [-0.2, -0.15) is 0 Å². The summed E-state index contributed by atoms with van der Waals surface area (Å²) in [5, 5.41) is 9.77. The average molecular weight is 256 g/mol. The van der Waals surface area contributed by atoms with Crippen LogP contribution in [0.25, 0.3) is 0 Å². The third-order valence-corrected chi connectivity index (χ3v) is 3.25. The van der Waals surface area contributed by atoms with E-state index in [1.54, 1.807) is 6.20 Å². The summed E-state index contributed by atoms with van der Waals surface area (Å²) in [5.41, 5.74) is 3.29. The molecule has 1 heterocycles. The van der Waals surface area contributed by atoms with E-state index in [1.165, 1.54) is 5.56 Å². The molecular weight excluding hydrogens is 236 g/mol. The Hall–Kier alpha value is -1.87. The van der Waals surface area contributed by atoms with Crippen molar-refractivity contribution in [1.29, 1.82) is 0 Å². The van der Waals surface area contributed by atoms with Gasteiger partial charge in [-0.05, 0) is 35.7 Å². The van der Waals surface area contributed by atoms with Crippen LogP contribution in [0.15, 0.2) is 48.8 Å². The molecule has 1 N–H and O–H groups in total. The van der Waals surface area contributed by atoms with Gasteiger partial charge in [0.25, 0.3) is 0 Å². The lowest BCUT2D eigenvalue weighted by Gasteiger charge is -2.20. The van der Waals surface area contributed by atoms with Gasteiger partial charge in [-0.3, -0.25) is 4.98 Å². The summed E-state index contributed by atoms with van der Waals surface area (Å²) in [6.45, 7) is 2.80. The molecule has 3 heteroatoms. The van der Waals surface area contributed by atoms with Crippen LogP contribution in [0.5, 0.6) is 0 Å². The molecule has 0 aliphatic rings. The quantitative estimate of drug-likeness (QED) is 0.892. The minimum Gasteiger partial charge on any atom is -0.388 e. The highest BCUT2D eigenvalue weighted by molar-refractivity contribution is 5.47. The largest absolute Gasteiger partial charge is 0.388 e. The van der Waals surface area contributed by atoms with Crippen molar-refractivity contribution in [2.75, 3.05) is 11.9 Å². The molecule has 0 amide bonds. The first-order chi connectivity index (χ1) is 9.20. The summed E-state index contributed by atoms with van der Waals surface area (Å²) < 4.78 is 0. The molecule has 2 aromatic rings. The van der Waals surface area contributed by atoms with Crippen LogP contribution < -0.4 is 4.90 Å². The fourth-order valence-corrected chi connectivity index (χ4v) is 2.04. The van der Waals surface area contributed by atoms with E-state index in [9.17, 15) is 5.11 Å². The molecule has 0 saturated carbocycles. The van der Waals surface area contributed by atoms with Crippen molar-refractivity contribution < 1.29 is 5.11 Å². The predicted octanol–water partition coefficient (Wildman–Crippen LogP) is 3.16. The number of benzene rings is 1. The molecule has 0 fully saturated rings. The van der Waals surface area contributed by atoms with E-state index in [1.807, 2.05) is 43.5 Å². The third-order valence-electron chi connectivity index (χ3n) is 3.25. The fraction of sp³-hybridized carbons (Fsp3) is 0.312. The molecule has 0 radical (unpaired) electrons. The van der Waals surface area contributed by atoms with E-state index < -0.39 is 0 Å². The van der Waals surface area contributed by atoms with E-state index in [4.69, 9.17) is 0 Å². The zero-order valence-corrected chi connectivity index (χ0v) is 11.5. The predicted molar refractivity (Wildman–Crippen MR) is 78.0 cm³/mol.